The predicted molar refractivity (Wildman–Crippen MR) is 105 cm³/mol. The molecule has 1 heterocycles. The zero-order valence-electron chi connectivity index (χ0n) is 14.2. The molecule has 1 amide bonds. The first kappa shape index (κ1) is 18.5. The molecule has 1 unspecified atom stereocenters. The fourth-order valence-corrected chi connectivity index (χ4v) is 5.00. The lowest BCUT2D eigenvalue weighted by atomic mass is 9.84. The van der Waals surface area contributed by atoms with Gasteiger partial charge in [-0.05, 0) is 22.9 Å². The van der Waals surface area contributed by atoms with Crippen molar-refractivity contribution >= 4 is 34.2 Å². The Bertz CT molecular complexity index is 806. The molecule has 26 heavy (non-hydrogen) atoms. The average molecular weight is 387 g/mol. The second-order valence-electron chi connectivity index (χ2n) is 6.04. The van der Waals surface area contributed by atoms with E-state index in [1.54, 1.807) is 38.4 Å². The van der Waals surface area contributed by atoms with Crippen LogP contribution in [0.3, 0.4) is 0 Å². The van der Waals surface area contributed by atoms with E-state index in [4.69, 9.17) is 12.2 Å². The summed E-state index contributed by atoms with van der Waals surface area (Å²) < 4.78 is 0.175. The largest absolute Gasteiger partial charge is 0.362 e. The van der Waals surface area contributed by atoms with E-state index in [-0.39, 0.29) is 4.32 Å². The topological polar surface area (TPSA) is 66.7 Å². The van der Waals surface area contributed by atoms with Crippen molar-refractivity contribution in [3.05, 3.63) is 81.9 Å². The summed E-state index contributed by atoms with van der Waals surface area (Å²) in [7, 11) is 3.28. The van der Waals surface area contributed by atoms with Crippen molar-refractivity contribution in [1.29, 1.82) is 0 Å². The molecule has 0 bridgehead atoms. The summed E-state index contributed by atoms with van der Waals surface area (Å²) in [6, 6.07) is 18.1. The lowest BCUT2D eigenvalue weighted by Crippen LogP contribution is -2.52. The van der Waals surface area contributed by atoms with Crippen molar-refractivity contribution in [2.75, 3.05) is 14.1 Å². The Morgan fingerprint density at radius 2 is 1.54 bits per heavy atom. The van der Waals surface area contributed by atoms with Gasteiger partial charge in [-0.25, -0.2) is 10.0 Å². The second kappa shape index (κ2) is 7.14. The van der Waals surface area contributed by atoms with E-state index in [1.807, 2.05) is 36.4 Å². The van der Waals surface area contributed by atoms with Crippen molar-refractivity contribution in [2.24, 2.45) is 0 Å². The number of carbonyl (C=O) groups excluding carboxylic acids is 1. The number of nitrogens with zero attached hydrogens (tertiary/aromatic N) is 3. The number of thiocarbonyl (C=S) groups is 1. The van der Waals surface area contributed by atoms with E-state index in [0.717, 1.165) is 11.8 Å². The van der Waals surface area contributed by atoms with Crippen LogP contribution in [-0.2, 0) is 4.79 Å². The molecule has 0 spiro atoms. The Balaban J connectivity index is 2.25. The van der Waals surface area contributed by atoms with Crippen LogP contribution in [0.4, 0.5) is 0 Å². The van der Waals surface area contributed by atoms with E-state index in [0.29, 0.717) is 11.1 Å². The SMILES string of the molecule is CN(C)N1C(=O)C(C(c2ccccc2)c2ccccc2)([N+](=O)[O-])SC1=S. The minimum absolute atomic E-state index is 0.175. The fraction of sp³-hybridized carbons (Fsp3) is 0.222. The molecule has 2 aromatic carbocycles. The molecule has 0 aromatic heterocycles. The Morgan fingerprint density at radius 3 is 1.88 bits per heavy atom. The fourth-order valence-electron chi connectivity index (χ4n) is 3.14. The zero-order chi connectivity index (χ0) is 18.9. The number of thioether (sulfide) groups is 1. The van der Waals surface area contributed by atoms with Crippen LogP contribution in [0.5, 0.6) is 0 Å². The van der Waals surface area contributed by atoms with Crippen LogP contribution in [-0.4, -0.2) is 44.1 Å². The van der Waals surface area contributed by atoms with Crippen LogP contribution in [0.25, 0.3) is 0 Å². The van der Waals surface area contributed by atoms with Gasteiger partial charge in [-0.3, -0.25) is 14.9 Å². The first-order valence-electron chi connectivity index (χ1n) is 7.88. The molecule has 8 heteroatoms. The molecule has 1 saturated heterocycles. The maximum Gasteiger partial charge on any atom is 0.362 e. The maximum absolute atomic E-state index is 13.2. The molecule has 3 rings (SSSR count). The van der Waals surface area contributed by atoms with Crippen LogP contribution in [0, 0.1) is 10.1 Å². The number of nitro groups is 1. The molecule has 0 radical (unpaired) electrons. The van der Waals surface area contributed by atoms with Crippen LogP contribution in [0.15, 0.2) is 60.7 Å². The quantitative estimate of drug-likeness (QED) is 0.446. The molecular formula is C18H17N3O3S2. The van der Waals surface area contributed by atoms with Gasteiger partial charge in [0.1, 0.15) is 0 Å². The number of rotatable bonds is 5. The number of hydrazine groups is 1. The number of hydrogen-bond acceptors (Lipinski definition) is 6. The van der Waals surface area contributed by atoms with Gasteiger partial charge >= 0.3 is 10.8 Å². The van der Waals surface area contributed by atoms with Crippen molar-refractivity contribution in [3.8, 4) is 0 Å². The molecule has 0 saturated carbocycles. The van der Waals surface area contributed by atoms with Gasteiger partial charge in [-0.15, -0.1) is 0 Å². The van der Waals surface area contributed by atoms with Gasteiger partial charge in [0.25, 0.3) is 0 Å². The first-order valence-corrected chi connectivity index (χ1v) is 9.11. The van der Waals surface area contributed by atoms with Crippen molar-refractivity contribution in [3.63, 3.8) is 0 Å². The number of carbonyl (C=O) groups is 1. The van der Waals surface area contributed by atoms with Crippen LogP contribution < -0.4 is 0 Å². The van der Waals surface area contributed by atoms with Gasteiger partial charge in [-0.2, -0.15) is 0 Å². The maximum atomic E-state index is 13.2. The van der Waals surface area contributed by atoms with E-state index in [9.17, 15) is 14.9 Å². The van der Waals surface area contributed by atoms with Crippen molar-refractivity contribution in [1.82, 2.24) is 10.0 Å². The van der Waals surface area contributed by atoms with Gasteiger partial charge in [0.2, 0.25) is 0 Å². The Kier molecular flexibility index (Phi) is 5.08. The monoisotopic (exact) mass is 387 g/mol. The molecule has 134 valence electrons. The van der Waals surface area contributed by atoms with Gasteiger partial charge in [0, 0.05) is 19.0 Å². The molecule has 1 aliphatic heterocycles. The van der Waals surface area contributed by atoms with Gasteiger partial charge < -0.3 is 0 Å². The van der Waals surface area contributed by atoms with Crippen molar-refractivity contribution < 1.29 is 9.72 Å². The summed E-state index contributed by atoms with van der Waals surface area (Å²) in [5.74, 6) is -1.42. The third-order valence-electron chi connectivity index (χ3n) is 4.24. The number of amides is 1. The summed E-state index contributed by atoms with van der Waals surface area (Å²) in [6.07, 6.45) is 0. The van der Waals surface area contributed by atoms with E-state index in [2.05, 4.69) is 0 Å². The molecular weight excluding hydrogens is 370 g/mol. The molecule has 1 atom stereocenters. The summed E-state index contributed by atoms with van der Waals surface area (Å²) in [5.41, 5.74) is 1.39. The number of benzene rings is 2. The molecule has 2 aromatic rings. The summed E-state index contributed by atoms with van der Waals surface area (Å²) >= 11 is 6.13. The first-order chi connectivity index (χ1) is 12.4. The second-order valence-corrected chi connectivity index (χ2v) is 7.90. The highest BCUT2D eigenvalue weighted by Crippen LogP contribution is 2.50. The lowest BCUT2D eigenvalue weighted by Gasteiger charge is -2.29. The predicted octanol–water partition coefficient (Wildman–Crippen LogP) is 3.13. The average Bonchev–Trinajstić information content (AvgIpc) is 2.89. The molecule has 0 N–H and O–H groups in total. The lowest BCUT2D eigenvalue weighted by molar-refractivity contribution is -0.525. The highest BCUT2D eigenvalue weighted by atomic mass is 32.2. The molecule has 1 aliphatic rings. The molecule has 0 aliphatic carbocycles. The summed E-state index contributed by atoms with van der Waals surface area (Å²) in [4.78, 5) is 23.1. The summed E-state index contributed by atoms with van der Waals surface area (Å²) in [5, 5.41) is 15.0. The highest BCUT2D eigenvalue weighted by Gasteiger charge is 2.67. The number of hydrogen-bond donors (Lipinski definition) is 0. The smallest absolute Gasteiger partial charge is 0.263 e. The van der Waals surface area contributed by atoms with Gasteiger partial charge in [0.05, 0.1) is 5.92 Å². The normalized spacial score (nSPS) is 20.2. The van der Waals surface area contributed by atoms with Crippen molar-refractivity contribution in [2.45, 2.75) is 10.8 Å². The van der Waals surface area contributed by atoms with Gasteiger partial charge in [0.15, 0.2) is 4.32 Å². The summed E-state index contributed by atoms with van der Waals surface area (Å²) in [6.45, 7) is 0. The Labute approximate surface area is 160 Å². The molecule has 6 nitrogen and oxygen atoms in total. The zero-order valence-corrected chi connectivity index (χ0v) is 15.9. The minimum atomic E-state index is -1.95. The van der Waals surface area contributed by atoms with Crippen LogP contribution in [0.1, 0.15) is 17.0 Å². The van der Waals surface area contributed by atoms with Crippen LogP contribution in [0.2, 0.25) is 0 Å². The van der Waals surface area contributed by atoms with E-state index in [1.165, 1.54) is 10.0 Å². The van der Waals surface area contributed by atoms with E-state index < -0.39 is 21.6 Å². The van der Waals surface area contributed by atoms with E-state index >= 15 is 0 Å². The van der Waals surface area contributed by atoms with Crippen LogP contribution >= 0.6 is 24.0 Å². The van der Waals surface area contributed by atoms with Gasteiger partial charge in [-0.1, -0.05) is 72.9 Å². The highest BCUT2D eigenvalue weighted by molar-refractivity contribution is 8.24. The Morgan fingerprint density at radius 1 is 1.08 bits per heavy atom. The minimum Gasteiger partial charge on any atom is -0.263 e. The molecule has 1 fully saturated rings. The third-order valence-corrected chi connectivity index (χ3v) is 5.88. The third kappa shape index (κ3) is 2.90. The Hall–Kier alpha value is -2.29. The standard InChI is InChI=1S/C18H17N3O3S2/c1-19(2)20-16(22)18(21(23)24,26-17(20)25)15(13-9-5-3-6-10-13)14-11-7-4-8-12-14/h3-12,15H,1-2H3.